The Labute approximate surface area is 122 Å². The van der Waals surface area contributed by atoms with E-state index < -0.39 is 11.4 Å². The number of aromatic nitrogens is 2. The lowest BCUT2D eigenvalue weighted by Crippen LogP contribution is -2.45. The lowest BCUT2D eigenvalue weighted by atomic mass is 9.82. The fraction of sp³-hybridized carbons (Fsp3) is 0.267. The highest BCUT2D eigenvalue weighted by Gasteiger charge is 2.36. The molecule has 0 radical (unpaired) electrons. The van der Waals surface area contributed by atoms with E-state index in [0.717, 1.165) is 5.56 Å². The molecule has 0 bridgehead atoms. The monoisotopic (exact) mass is 287 g/mol. The van der Waals surface area contributed by atoms with Crippen LogP contribution in [0.3, 0.4) is 0 Å². The van der Waals surface area contributed by atoms with Crippen molar-refractivity contribution in [2.24, 2.45) is 0 Å². The number of nitrogens with one attached hydrogen (secondary N) is 2. The second kappa shape index (κ2) is 6.21. The number of hydrogen-bond acceptors (Lipinski definition) is 4. The van der Waals surface area contributed by atoms with E-state index >= 15 is 0 Å². The van der Waals surface area contributed by atoms with Crippen molar-refractivity contribution in [3.63, 3.8) is 0 Å². The maximum Gasteiger partial charge on any atom is 0.317 e. The van der Waals surface area contributed by atoms with Gasteiger partial charge in [0.15, 0.2) is 0 Å². The third-order valence-corrected chi connectivity index (χ3v) is 3.39. The number of methoxy groups -OCH3 is 1. The Hall–Kier alpha value is -2.63. The first kappa shape index (κ1) is 14.8. The molecule has 2 rings (SSSR count). The van der Waals surface area contributed by atoms with Crippen molar-refractivity contribution < 1.29 is 14.3 Å². The van der Waals surface area contributed by atoms with Gasteiger partial charge < -0.3 is 10.1 Å². The zero-order valence-corrected chi connectivity index (χ0v) is 11.9. The average molecular weight is 287 g/mol. The normalized spacial score (nSPS) is 13.2. The van der Waals surface area contributed by atoms with Crippen molar-refractivity contribution in [1.29, 1.82) is 0 Å². The summed E-state index contributed by atoms with van der Waals surface area (Å²) in [6, 6.07) is 10.8. The number of H-pyrrole nitrogens is 1. The third-order valence-electron chi connectivity index (χ3n) is 3.39. The average Bonchev–Trinajstić information content (AvgIpc) is 3.06. The molecule has 0 aliphatic carbocycles. The van der Waals surface area contributed by atoms with Crippen LogP contribution in [0.4, 0.5) is 0 Å². The van der Waals surface area contributed by atoms with Gasteiger partial charge in [0.05, 0.1) is 7.11 Å². The zero-order chi connectivity index (χ0) is 15.3. The van der Waals surface area contributed by atoms with E-state index in [4.69, 9.17) is 4.74 Å². The Morgan fingerprint density at radius 2 is 2.00 bits per heavy atom. The molecule has 2 N–H and O–H groups in total. The Morgan fingerprint density at radius 1 is 1.29 bits per heavy atom. The van der Waals surface area contributed by atoms with E-state index in [2.05, 4.69) is 15.5 Å². The van der Waals surface area contributed by atoms with Crippen molar-refractivity contribution in [1.82, 2.24) is 15.5 Å². The van der Waals surface area contributed by atoms with Gasteiger partial charge in [-0.15, -0.1) is 0 Å². The van der Waals surface area contributed by atoms with Crippen molar-refractivity contribution in [2.45, 2.75) is 12.3 Å². The summed E-state index contributed by atoms with van der Waals surface area (Å²) in [5.74, 6) is -0.725. The number of aromatic amines is 1. The van der Waals surface area contributed by atoms with Crippen molar-refractivity contribution in [3.8, 4) is 0 Å². The number of carbonyl (C=O) groups is 2. The number of benzene rings is 1. The van der Waals surface area contributed by atoms with Crippen LogP contribution in [0.2, 0.25) is 0 Å². The van der Waals surface area contributed by atoms with Gasteiger partial charge in [-0.05, 0) is 18.6 Å². The van der Waals surface area contributed by atoms with E-state index in [1.54, 1.807) is 13.0 Å². The van der Waals surface area contributed by atoms with Crippen molar-refractivity contribution in [3.05, 3.63) is 53.9 Å². The summed E-state index contributed by atoms with van der Waals surface area (Å²) < 4.78 is 4.88. The fourth-order valence-electron chi connectivity index (χ4n) is 2.06. The van der Waals surface area contributed by atoms with Crippen molar-refractivity contribution in [2.75, 3.05) is 13.7 Å². The summed E-state index contributed by atoms with van der Waals surface area (Å²) in [4.78, 5) is 24.1. The zero-order valence-electron chi connectivity index (χ0n) is 11.9. The van der Waals surface area contributed by atoms with E-state index in [0.29, 0.717) is 5.69 Å². The minimum Gasteiger partial charge on any atom is -0.468 e. The highest BCUT2D eigenvalue weighted by atomic mass is 16.5. The first-order valence-electron chi connectivity index (χ1n) is 6.49. The van der Waals surface area contributed by atoms with Crippen LogP contribution < -0.4 is 5.32 Å². The molecule has 0 fully saturated rings. The molecule has 1 aromatic heterocycles. The fourth-order valence-corrected chi connectivity index (χ4v) is 2.06. The Bertz CT molecular complexity index is 610. The lowest BCUT2D eigenvalue weighted by Gasteiger charge is -2.27. The number of rotatable bonds is 5. The van der Waals surface area contributed by atoms with E-state index in [-0.39, 0.29) is 12.5 Å². The number of hydrogen-bond donors (Lipinski definition) is 2. The molecule has 0 spiro atoms. The maximum absolute atomic E-state index is 12.1. The SMILES string of the molecule is COC(=O)[C@](C)(CNC(=O)c1ccn[nH]1)c1ccccc1. The van der Waals surface area contributed by atoms with Gasteiger partial charge in [0.1, 0.15) is 11.1 Å². The number of ether oxygens (including phenoxy) is 1. The molecule has 0 aliphatic heterocycles. The molecule has 2 aromatic rings. The van der Waals surface area contributed by atoms with Gasteiger partial charge >= 0.3 is 5.97 Å². The topological polar surface area (TPSA) is 84.1 Å². The van der Waals surface area contributed by atoms with E-state index in [1.807, 2.05) is 30.3 Å². The molecule has 1 atom stereocenters. The van der Waals surface area contributed by atoms with Crippen LogP contribution in [-0.4, -0.2) is 35.7 Å². The minimum atomic E-state index is -0.953. The molecule has 110 valence electrons. The highest BCUT2D eigenvalue weighted by Crippen LogP contribution is 2.24. The van der Waals surface area contributed by atoms with Gasteiger partial charge in [0, 0.05) is 12.7 Å². The summed E-state index contributed by atoms with van der Waals surface area (Å²) in [5, 5.41) is 9.03. The molecule has 0 unspecified atom stereocenters. The molecular weight excluding hydrogens is 270 g/mol. The quantitative estimate of drug-likeness (QED) is 0.811. The van der Waals surface area contributed by atoms with Crippen LogP contribution in [-0.2, 0) is 14.9 Å². The molecular formula is C15H17N3O3. The van der Waals surface area contributed by atoms with Crippen LogP contribution >= 0.6 is 0 Å². The summed E-state index contributed by atoms with van der Waals surface area (Å²) in [5.41, 5.74) is 0.170. The van der Waals surface area contributed by atoms with E-state index in [1.165, 1.54) is 13.3 Å². The standard InChI is InChI=1S/C15H17N3O3/c1-15(14(20)21-2,11-6-4-3-5-7-11)10-16-13(19)12-8-9-17-18-12/h3-9H,10H2,1-2H3,(H,16,19)(H,17,18)/t15-/m1/s1. The summed E-state index contributed by atoms with van der Waals surface area (Å²) in [7, 11) is 1.33. The molecule has 0 saturated heterocycles. The number of amides is 1. The predicted molar refractivity (Wildman–Crippen MR) is 76.7 cm³/mol. The van der Waals surface area contributed by atoms with Crippen LogP contribution in [0.25, 0.3) is 0 Å². The molecule has 6 heteroatoms. The third kappa shape index (κ3) is 3.10. The maximum atomic E-state index is 12.1. The van der Waals surface area contributed by atoms with Gasteiger partial charge in [-0.2, -0.15) is 5.10 Å². The first-order chi connectivity index (χ1) is 10.1. The molecule has 0 aliphatic rings. The predicted octanol–water partition coefficient (Wildman–Crippen LogP) is 1.27. The molecule has 6 nitrogen and oxygen atoms in total. The Balaban J connectivity index is 2.18. The Morgan fingerprint density at radius 3 is 2.57 bits per heavy atom. The number of nitrogens with zero attached hydrogens (tertiary/aromatic N) is 1. The molecule has 21 heavy (non-hydrogen) atoms. The number of esters is 1. The van der Waals surface area contributed by atoms with Gasteiger partial charge in [0.25, 0.3) is 5.91 Å². The summed E-state index contributed by atoms with van der Waals surface area (Å²) >= 11 is 0. The van der Waals surface area contributed by atoms with Gasteiger partial charge in [-0.3, -0.25) is 14.7 Å². The van der Waals surface area contributed by atoms with Crippen molar-refractivity contribution >= 4 is 11.9 Å². The largest absolute Gasteiger partial charge is 0.468 e. The van der Waals surface area contributed by atoms with Crippen LogP contribution in [0.15, 0.2) is 42.6 Å². The van der Waals surface area contributed by atoms with E-state index in [9.17, 15) is 9.59 Å². The molecule has 1 amide bonds. The second-order valence-electron chi connectivity index (χ2n) is 4.84. The molecule has 0 saturated carbocycles. The summed E-state index contributed by atoms with van der Waals surface area (Å²) in [6.45, 7) is 1.86. The molecule has 1 aromatic carbocycles. The number of carbonyl (C=O) groups excluding carboxylic acids is 2. The minimum absolute atomic E-state index is 0.127. The summed E-state index contributed by atoms with van der Waals surface area (Å²) in [6.07, 6.45) is 1.49. The van der Waals surface area contributed by atoms with Crippen LogP contribution in [0.1, 0.15) is 23.0 Å². The smallest absolute Gasteiger partial charge is 0.317 e. The van der Waals surface area contributed by atoms with Gasteiger partial charge in [-0.1, -0.05) is 30.3 Å². The van der Waals surface area contributed by atoms with Crippen LogP contribution in [0, 0.1) is 0 Å². The van der Waals surface area contributed by atoms with Gasteiger partial charge in [-0.25, -0.2) is 0 Å². The van der Waals surface area contributed by atoms with Crippen LogP contribution in [0.5, 0.6) is 0 Å². The highest BCUT2D eigenvalue weighted by molar-refractivity contribution is 5.93. The first-order valence-corrected chi connectivity index (χ1v) is 6.49. The second-order valence-corrected chi connectivity index (χ2v) is 4.84. The van der Waals surface area contributed by atoms with Gasteiger partial charge in [0.2, 0.25) is 0 Å². The Kier molecular flexibility index (Phi) is 4.37. The molecule has 1 heterocycles. The lowest BCUT2D eigenvalue weighted by molar-refractivity contribution is -0.146.